The van der Waals surface area contributed by atoms with Gasteiger partial charge in [0.25, 0.3) is 0 Å². The maximum atomic E-state index is 11.0. The van der Waals surface area contributed by atoms with E-state index in [1.807, 2.05) is 24.4 Å². The van der Waals surface area contributed by atoms with Crippen molar-refractivity contribution >= 4 is 28.4 Å². The lowest BCUT2D eigenvalue weighted by Gasteiger charge is -2.04. The Morgan fingerprint density at radius 1 is 1.21 bits per heavy atom. The zero-order valence-electron chi connectivity index (χ0n) is 14.1. The summed E-state index contributed by atoms with van der Waals surface area (Å²) < 4.78 is 9.81. The van der Waals surface area contributed by atoms with Crippen LogP contribution in [0.2, 0.25) is 0 Å². The lowest BCUT2D eigenvalue weighted by molar-refractivity contribution is 0.351. The number of aromatic nitrogens is 5. The normalized spacial score (nSPS) is 12.1. The van der Waals surface area contributed by atoms with Gasteiger partial charge in [0.2, 0.25) is 5.13 Å². The Balaban J connectivity index is 1.35. The second-order valence-corrected chi connectivity index (χ2v) is 6.81. The summed E-state index contributed by atoms with van der Waals surface area (Å²) in [6.45, 7) is 0.728. The van der Waals surface area contributed by atoms with Crippen LogP contribution >= 0.6 is 11.3 Å². The largest absolute Gasteiger partial charge is 0.441 e. The highest BCUT2D eigenvalue weighted by Crippen LogP contribution is 2.31. The van der Waals surface area contributed by atoms with E-state index in [1.54, 1.807) is 12.3 Å². The van der Waals surface area contributed by atoms with E-state index in [9.17, 15) is 4.79 Å². The maximum absolute atomic E-state index is 11.0. The van der Waals surface area contributed by atoms with Crippen LogP contribution < -0.4 is 15.8 Å². The second-order valence-electron chi connectivity index (χ2n) is 5.83. The summed E-state index contributed by atoms with van der Waals surface area (Å²) in [5, 5.41) is 16.4. The highest BCUT2D eigenvalue weighted by atomic mass is 32.1. The van der Waals surface area contributed by atoms with Gasteiger partial charge in [-0.25, -0.2) is 9.78 Å². The molecule has 4 heterocycles. The molecule has 0 saturated carbocycles. The van der Waals surface area contributed by atoms with E-state index < -0.39 is 5.76 Å². The van der Waals surface area contributed by atoms with Crippen molar-refractivity contribution in [2.24, 2.45) is 4.99 Å². The van der Waals surface area contributed by atoms with Crippen molar-refractivity contribution in [3.8, 4) is 22.3 Å². The summed E-state index contributed by atoms with van der Waals surface area (Å²) in [4.78, 5) is 21.7. The van der Waals surface area contributed by atoms with Crippen LogP contribution in [-0.4, -0.2) is 31.5 Å². The van der Waals surface area contributed by atoms with Crippen LogP contribution in [0.4, 0.5) is 10.8 Å². The fourth-order valence-electron chi connectivity index (χ4n) is 2.66. The Bertz CT molecular complexity index is 1240. The quantitative estimate of drug-likeness (QED) is 0.529. The van der Waals surface area contributed by atoms with Gasteiger partial charge < -0.3 is 10.1 Å². The molecule has 11 heteroatoms. The molecule has 0 aliphatic carbocycles. The average molecular weight is 393 g/mol. The van der Waals surface area contributed by atoms with Gasteiger partial charge >= 0.3 is 11.8 Å². The number of hydrogen-bond acceptors (Lipinski definition) is 10. The summed E-state index contributed by atoms with van der Waals surface area (Å²) in [5.41, 5.74) is 3.95. The third-order valence-corrected chi connectivity index (χ3v) is 4.80. The van der Waals surface area contributed by atoms with Crippen LogP contribution in [0.5, 0.6) is 11.8 Å². The monoisotopic (exact) mass is 393 g/mol. The van der Waals surface area contributed by atoms with Gasteiger partial charge in [-0.05, 0) is 34.5 Å². The number of benzene rings is 1. The fourth-order valence-corrected chi connectivity index (χ4v) is 3.40. The van der Waals surface area contributed by atoms with Crippen LogP contribution in [0, 0.1) is 0 Å². The molecule has 5 rings (SSSR count). The number of H-pyrrole nitrogens is 1. The molecule has 10 nitrogen and oxygen atoms in total. The number of pyridine rings is 1. The van der Waals surface area contributed by atoms with E-state index in [0.29, 0.717) is 15.9 Å². The van der Waals surface area contributed by atoms with Crippen LogP contribution in [0.15, 0.2) is 51.0 Å². The smallest absolute Gasteiger partial charge is 0.422 e. The minimum absolute atomic E-state index is 0.0521. The van der Waals surface area contributed by atoms with E-state index in [0.717, 1.165) is 23.4 Å². The van der Waals surface area contributed by atoms with Crippen LogP contribution in [0.1, 0.15) is 11.1 Å². The molecule has 2 N–H and O–H groups in total. The first-order valence-electron chi connectivity index (χ1n) is 8.15. The number of fused-ring (bicyclic) bond motifs is 1. The molecular formula is C17H11N7O3S. The summed E-state index contributed by atoms with van der Waals surface area (Å²) in [5.74, 6) is -0.318. The van der Waals surface area contributed by atoms with Gasteiger partial charge in [-0.1, -0.05) is 17.4 Å². The topological polar surface area (TPSA) is 131 Å². The summed E-state index contributed by atoms with van der Waals surface area (Å²) in [6.07, 6.45) is 5.00. The number of nitrogens with one attached hydrogen (secondary N) is 2. The number of rotatable bonds is 5. The number of hydrogen-bond donors (Lipinski definition) is 2. The maximum Gasteiger partial charge on any atom is 0.441 e. The van der Waals surface area contributed by atoms with Crippen molar-refractivity contribution in [2.45, 2.75) is 6.54 Å². The van der Waals surface area contributed by atoms with Crippen LogP contribution in [0.25, 0.3) is 10.6 Å². The molecule has 1 aliphatic rings. The fraction of sp³-hybridized carbons (Fsp3) is 0.0588. The summed E-state index contributed by atoms with van der Waals surface area (Å²) in [7, 11) is 0. The molecule has 138 valence electrons. The van der Waals surface area contributed by atoms with Crippen LogP contribution in [0.3, 0.4) is 0 Å². The molecule has 0 unspecified atom stereocenters. The Morgan fingerprint density at radius 3 is 3.07 bits per heavy atom. The van der Waals surface area contributed by atoms with Gasteiger partial charge in [-0.3, -0.25) is 14.5 Å². The predicted octanol–water partition coefficient (Wildman–Crippen LogP) is 2.74. The van der Waals surface area contributed by atoms with E-state index in [2.05, 4.69) is 40.2 Å². The average Bonchev–Trinajstić information content (AvgIpc) is 3.43. The first kappa shape index (κ1) is 16.3. The van der Waals surface area contributed by atoms with Gasteiger partial charge in [0, 0.05) is 23.7 Å². The van der Waals surface area contributed by atoms with Crippen molar-refractivity contribution in [2.75, 3.05) is 5.32 Å². The second kappa shape index (κ2) is 6.70. The van der Waals surface area contributed by atoms with Crippen molar-refractivity contribution in [1.29, 1.82) is 0 Å². The number of aromatic amines is 1. The minimum Gasteiger partial charge on any atom is -0.422 e. The number of ether oxygens (including phenoxy) is 1. The highest BCUT2D eigenvalue weighted by Gasteiger charge is 2.12. The highest BCUT2D eigenvalue weighted by molar-refractivity contribution is 7.18. The van der Waals surface area contributed by atoms with Gasteiger partial charge in [-0.2, -0.15) is 0 Å². The molecule has 0 fully saturated rings. The number of nitrogens with zero attached hydrogens (tertiary/aromatic N) is 5. The van der Waals surface area contributed by atoms with Crippen LogP contribution in [-0.2, 0) is 6.54 Å². The predicted molar refractivity (Wildman–Crippen MR) is 101 cm³/mol. The number of aliphatic imine (C=N–C) groups is 1. The molecule has 4 aromatic rings. The first-order chi connectivity index (χ1) is 13.7. The first-order valence-corrected chi connectivity index (χ1v) is 8.97. The van der Waals surface area contributed by atoms with E-state index in [4.69, 9.17) is 4.74 Å². The molecule has 1 aromatic carbocycles. The van der Waals surface area contributed by atoms with E-state index in [1.165, 1.54) is 23.1 Å². The zero-order valence-corrected chi connectivity index (χ0v) is 14.9. The van der Waals surface area contributed by atoms with Crippen molar-refractivity contribution in [1.82, 2.24) is 25.3 Å². The molecule has 0 bridgehead atoms. The molecule has 3 aromatic heterocycles. The Morgan fingerprint density at radius 2 is 2.18 bits per heavy atom. The molecule has 0 atom stereocenters. The SMILES string of the molecule is O=c1[nH]c(Oc2cncc(-c3nnc(Nc4ccc5c(c4)C=NC5)s3)c2)no1. The van der Waals surface area contributed by atoms with Gasteiger partial charge in [-0.15, -0.1) is 10.2 Å². The molecule has 28 heavy (non-hydrogen) atoms. The van der Waals surface area contributed by atoms with Crippen molar-refractivity contribution in [3.63, 3.8) is 0 Å². The summed E-state index contributed by atoms with van der Waals surface area (Å²) >= 11 is 1.38. The molecule has 0 spiro atoms. The minimum atomic E-state index is -0.697. The Hall–Kier alpha value is -3.86. The summed E-state index contributed by atoms with van der Waals surface area (Å²) in [6, 6.07) is 7.73. The lowest BCUT2D eigenvalue weighted by atomic mass is 10.1. The standard InChI is InChI=1S/C17H11N7O3S/c25-17-21-15(24-27-17)26-13-4-11(7-19-8-13)14-22-23-16(28-14)20-12-2-1-9-5-18-6-10(9)3-12/h1-4,6-8H,5H2,(H,20,23)(H,21,24,25). The zero-order chi connectivity index (χ0) is 18.9. The van der Waals surface area contributed by atoms with Crippen molar-refractivity contribution < 1.29 is 9.26 Å². The van der Waals surface area contributed by atoms with Gasteiger partial charge in [0.1, 0.15) is 5.75 Å². The number of anilines is 2. The van der Waals surface area contributed by atoms with Gasteiger partial charge in [0.15, 0.2) is 5.01 Å². The molecule has 0 radical (unpaired) electrons. The molecule has 0 saturated heterocycles. The Labute approximate surface area is 160 Å². The third kappa shape index (κ3) is 3.25. The van der Waals surface area contributed by atoms with E-state index >= 15 is 0 Å². The van der Waals surface area contributed by atoms with Gasteiger partial charge in [0.05, 0.1) is 12.7 Å². The molecular weight excluding hydrogens is 382 g/mol. The van der Waals surface area contributed by atoms with E-state index in [-0.39, 0.29) is 6.01 Å². The molecule has 0 amide bonds. The lowest BCUT2D eigenvalue weighted by Crippen LogP contribution is -1.95. The molecule has 1 aliphatic heterocycles. The Kier molecular flexibility index (Phi) is 3.91. The third-order valence-electron chi connectivity index (χ3n) is 3.91. The van der Waals surface area contributed by atoms with Crippen molar-refractivity contribution in [3.05, 3.63) is 58.3 Å².